The zero-order valence-corrected chi connectivity index (χ0v) is 24.8. The van der Waals surface area contributed by atoms with Gasteiger partial charge in [0.25, 0.3) is 5.91 Å². The second kappa shape index (κ2) is 13.3. The van der Waals surface area contributed by atoms with Crippen LogP contribution in [-0.2, 0) is 21.4 Å². The van der Waals surface area contributed by atoms with Crippen molar-refractivity contribution in [3.63, 3.8) is 0 Å². The van der Waals surface area contributed by atoms with Crippen molar-refractivity contribution in [2.75, 3.05) is 24.8 Å². The number of aliphatic carboxylic acids is 1. The lowest BCUT2D eigenvalue weighted by molar-refractivity contribution is -0.148. The molecule has 2 aromatic carbocycles. The molecule has 13 heteroatoms. The van der Waals surface area contributed by atoms with E-state index in [1.54, 1.807) is 30.3 Å². The van der Waals surface area contributed by atoms with E-state index >= 15 is 0 Å². The number of benzene rings is 2. The fourth-order valence-electron chi connectivity index (χ4n) is 4.13. The number of urea groups is 1. The summed E-state index contributed by atoms with van der Waals surface area (Å²) in [5.74, 6) is -1.48. The summed E-state index contributed by atoms with van der Waals surface area (Å²) in [6, 6.07) is 14.9. The minimum Gasteiger partial charge on any atom is -0.479 e. The van der Waals surface area contributed by atoms with Crippen LogP contribution in [0.2, 0.25) is 0 Å². The summed E-state index contributed by atoms with van der Waals surface area (Å²) in [7, 11) is 2.81. The summed E-state index contributed by atoms with van der Waals surface area (Å²) in [6.45, 7) is 5.92. The predicted molar refractivity (Wildman–Crippen MR) is 161 cm³/mol. The van der Waals surface area contributed by atoms with E-state index in [9.17, 15) is 23.9 Å². The third-order valence-corrected chi connectivity index (χ3v) is 6.47. The molecule has 230 valence electrons. The van der Waals surface area contributed by atoms with E-state index in [1.165, 1.54) is 49.3 Å². The highest BCUT2D eigenvalue weighted by atomic mass is 19.1. The number of carbonyl (C=O) groups excluding carboxylic acids is 2. The average Bonchev–Trinajstić information content (AvgIpc) is 3.41. The van der Waals surface area contributed by atoms with Gasteiger partial charge >= 0.3 is 12.0 Å². The quantitative estimate of drug-likeness (QED) is 0.194. The highest BCUT2D eigenvalue weighted by Gasteiger charge is 2.23. The van der Waals surface area contributed by atoms with Crippen molar-refractivity contribution in [3.8, 4) is 17.2 Å². The Bertz CT molecular complexity index is 1680. The standard InChI is InChI=1S/C31H33FN6O6/c1-31(2,3)26-17-27(38(37-26)19-8-6-7-18(13-19)14-25(43-5)29(40)41)36-30(42)35-23-10-9-20(15-22(23)32)44-21-11-12-34-24(16-21)28(39)33-4/h6-13,15-17,25H,14H2,1-5H3,(H,33,39)(H,40,41)(H2,35,36,42). The van der Waals surface area contributed by atoms with Gasteiger partial charge in [-0.15, -0.1) is 0 Å². The third-order valence-electron chi connectivity index (χ3n) is 6.47. The first-order chi connectivity index (χ1) is 20.9. The molecule has 2 heterocycles. The summed E-state index contributed by atoms with van der Waals surface area (Å²) in [6.07, 6.45) is 0.508. The molecule has 3 amide bonds. The van der Waals surface area contributed by atoms with E-state index in [0.29, 0.717) is 22.8 Å². The summed E-state index contributed by atoms with van der Waals surface area (Å²) in [4.78, 5) is 40.3. The largest absolute Gasteiger partial charge is 0.479 e. The zero-order chi connectivity index (χ0) is 32.0. The van der Waals surface area contributed by atoms with E-state index < -0.39 is 29.8 Å². The molecule has 0 fully saturated rings. The number of anilines is 2. The highest BCUT2D eigenvalue weighted by Crippen LogP contribution is 2.28. The molecule has 4 N–H and O–H groups in total. The number of ether oxygens (including phenoxy) is 2. The lowest BCUT2D eigenvalue weighted by Crippen LogP contribution is -2.25. The molecule has 0 spiro atoms. The van der Waals surface area contributed by atoms with Crippen LogP contribution in [0.4, 0.5) is 20.7 Å². The van der Waals surface area contributed by atoms with Crippen LogP contribution >= 0.6 is 0 Å². The monoisotopic (exact) mass is 604 g/mol. The van der Waals surface area contributed by atoms with Gasteiger partial charge < -0.3 is 25.2 Å². The number of aromatic nitrogens is 3. The van der Waals surface area contributed by atoms with Crippen LogP contribution < -0.4 is 20.7 Å². The summed E-state index contributed by atoms with van der Waals surface area (Å²) >= 11 is 0. The van der Waals surface area contributed by atoms with Crippen LogP contribution in [0.15, 0.2) is 66.9 Å². The molecule has 1 atom stereocenters. The number of nitrogens with one attached hydrogen (secondary N) is 3. The number of pyridine rings is 1. The SMILES string of the molecule is CNC(=O)c1cc(Oc2ccc(NC(=O)Nc3cc(C(C)(C)C)nn3-c3cccc(CC(OC)C(=O)O)c3)c(F)c2)ccn1. The van der Waals surface area contributed by atoms with Gasteiger partial charge in [0.1, 0.15) is 28.8 Å². The Kier molecular flexibility index (Phi) is 9.59. The number of carboxylic acids is 1. The van der Waals surface area contributed by atoms with Gasteiger partial charge in [-0.05, 0) is 35.9 Å². The van der Waals surface area contributed by atoms with Gasteiger partial charge in [0, 0.05) is 50.4 Å². The fraction of sp³-hybridized carbons (Fsp3) is 0.258. The van der Waals surface area contributed by atoms with Crippen LogP contribution in [0.5, 0.6) is 11.5 Å². The van der Waals surface area contributed by atoms with E-state index in [4.69, 9.17) is 9.47 Å². The number of carbonyl (C=O) groups is 3. The smallest absolute Gasteiger partial charge is 0.333 e. The Morgan fingerprint density at radius 1 is 1.02 bits per heavy atom. The zero-order valence-electron chi connectivity index (χ0n) is 24.8. The molecular formula is C31H33FN6O6. The average molecular weight is 605 g/mol. The molecule has 0 aliphatic carbocycles. The van der Waals surface area contributed by atoms with Crippen molar-refractivity contribution >= 4 is 29.4 Å². The fourth-order valence-corrected chi connectivity index (χ4v) is 4.13. The number of amides is 3. The first-order valence-electron chi connectivity index (χ1n) is 13.6. The van der Waals surface area contributed by atoms with Gasteiger partial charge in [0.05, 0.1) is 17.1 Å². The van der Waals surface area contributed by atoms with Crippen LogP contribution in [0, 0.1) is 5.82 Å². The van der Waals surface area contributed by atoms with E-state index in [1.807, 2.05) is 20.8 Å². The number of carboxylic acid groups (broad SMARTS) is 1. The predicted octanol–water partition coefficient (Wildman–Crippen LogP) is 5.14. The highest BCUT2D eigenvalue weighted by molar-refractivity contribution is 5.99. The molecule has 0 bridgehead atoms. The first kappa shape index (κ1) is 31.6. The third kappa shape index (κ3) is 7.75. The molecule has 0 aliphatic heterocycles. The molecule has 1 unspecified atom stereocenters. The molecule has 4 aromatic rings. The summed E-state index contributed by atoms with van der Waals surface area (Å²) in [5.41, 5.74) is 1.64. The first-order valence-corrected chi connectivity index (χ1v) is 13.6. The topological polar surface area (TPSA) is 157 Å². The second-order valence-corrected chi connectivity index (χ2v) is 10.8. The lowest BCUT2D eigenvalue weighted by Gasteiger charge is -2.14. The number of nitrogens with zero attached hydrogens (tertiary/aromatic N) is 3. The molecule has 12 nitrogen and oxygen atoms in total. The minimum atomic E-state index is -1.08. The molecule has 44 heavy (non-hydrogen) atoms. The lowest BCUT2D eigenvalue weighted by atomic mass is 9.92. The number of halogens is 1. The number of hydrogen-bond donors (Lipinski definition) is 4. The van der Waals surface area contributed by atoms with Crippen molar-refractivity contribution in [2.45, 2.75) is 38.7 Å². The minimum absolute atomic E-state index is 0.0981. The van der Waals surface area contributed by atoms with Crippen molar-refractivity contribution in [3.05, 3.63) is 89.6 Å². The molecule has 4 rings (SSSR count). The maximum Gasteiger partial charge on any atom is 0.333 e. The van der Waals surface area contributed by atoms with Gasteiger partial charge in [-0.3, -0.25) is 15.1 Å². The molecular weight excluding hydrogens is 571 g/mol. The number of methoxy groups -OCH3 is 1. The molecule has 0 saturated heterocycles. The van der Waals surface area contributed by atoms with Crippen molar-refractivity contribution in [2.24, 2.45) is 0 Å². The van der Waals surface area contributed by atoms with Gasteiger partial charge in [0.2, 0.25) is 0 Å². The van der Waals surface area contributed by atoms with E-state index in [0.717, 1.165) is 6.07 Å². The van der Waals surface area contributed by atoms with Crippen molar-refractivity contribution in [1.29, 1.82) is 0 Å². The maximum atomic E-state index is 15.0. The number of hydrogen-bond acceptors (Lipinski definition) is 7. The van der Waals surface area contributed by atoms with Gasteiger partial charge in [-0.2, -0.15) is 5.10 Å². The van der Waals surface area contributed by atoms with Crippen LogP contribution in [-0.4, -0.2) is 58.0 Å². The van der Waals surface area contributed by atoms with Crippen LogP contribution in [0.3, 0.4) is 0 Å². The molecule has 0 aliphatic rings. The molecule has 0 saturated carbocycles. The Labute approximate surface area is 253 Å². The maximum absolute atomic E-state index is 15.0. The summed E-state index contributed by atoms with van der Waals surface area (Å²) < 4.78 is 27.2. The Morgan fingerprint density at radius 3 is 2.43 bits per heavy atom. The van der Waals surface area contributed by atoms with E-state index in [2.05, 4.69) is 26.0 Å². The Hall–Kier alpha value is -5.30. The second-order valence-electron chi connectivity index (χ2n) is 10.8. The normalized spacial score (nSPS) is 11.9. The van der Waals surface area contributed by atoms with Gasteiger partial charge in [0.15, 0.2) is 6.10 Å². The summed E-state index contributed by atoms with van der Waals surface area (Å²) in [5, 5.41) is 21.8. The van der Waals surface area contributed by atoms with E-state index in [-0.39, 0.29) is 34.7 Å². The van der Waals surface area contributed by atoms with Gasteiger partial charge in [-0.1, -0.05) is 32.9 Å². The van der Waals surface area contributed by atoms with Crippen LogP contribution in [0.1, 0.15) is 42.5 Å². The molecule has 2 aromatic heterocycles. The van der Waals surface area contributed by atoms with Gasteiger partial charge in [-0.25, -0.2) is 18.7 Å². The van der Waals surface area contributed by atoms with Crippen molar-refractivity contribution in [1.82, 2.24) is 20.1 Å². The van der Waals surface area contributed by atoms with Crippen molar-refractivity contribution < 1.29 is 33.4 Å². The Morgan fingerprint density at radius 2 is 1.77 bits per heavy atom. The molecule has 0 radical (unpaired) electrons. The van der Waals surface area contributed by atoms with Crippen LogP contribution in [0.25, 0.3) is 5.69 Å². The Balaban J connectivity index is 1.53. The number of rotatable bonds is 10.